The molecule has 1 aliphatic carbocycles. The zero-order chi connectivity index (χ0) is 23.4. The van der Waals surface area contributed by atoms with Crippen LogP contribution >= 0.6 is 0 Å². The summed E-state index contributed by atoms with van der Waals surface area (Å²) in [4.78, 5) is 23.3. The van der Waals surface area contributed by atoms with Gasteiger partial charge in [0.2, 0.25) is 0 Å². The second-order valence-corrected chi connectivity index (χ2v) is 8.97. The van der Waals surface area contributed by atoms with Crippen molar-refractivity contribution in [3.8, 4) is 11.4 Å². The smallest absolute Gasteiger partial charge is 0.374 e. The van der Waals surface area contributed by atoms with E-state index < -0.39 is 12.7 Å². The summed E-state index contributed by atoms with van der Waals surface area (Å²) in [5, 5.41) is 10.1. The van der Waals surface area contributed by atoms with Gasteiger partial charge in [0.25, 0.3) is 0 Å². The van der Waals surface area contributed by atoms with Crippen molar-refractivity contribution in [1.82, 2.24) is 25.1 Å². The van der Waals surface area contributed by atoms with E-state index in [0.717, 1.165) is 23.9 Å². The van der Waals surface area contributed by atoms with Crippen molar-refractivity contribution in [3.05, 3.63) is 30.5 Å². The number of urea groups is 1. The fourth-order valence-corrected chi connectivity index (χ4v) is 4.52. The van der Waals surface area contributed by atoms with Crippen LogP contribution in [0.5, 0.6) is 0 Å². The predicted octanol–water partition coefficient (Wildman–Crippen LogP) is 3.32. The molecule has 1 saturated carbocycles. The number of ether oxygens (including phenoxy) is 1. The summed E-state index contributed by atoms with van der Waals surface area (Å²) in [6, 6.07) is 7.01. The van der Waals surface area contributed by atoms with E-state index in [-0.39, 0.29) is 29.9 Å². The molecule has 2 atom stereocenters. The summed E-state index contributed by atoms with van der Waals surface area (Å²) in [5.41, 5.74) is 1.35. The summed E-state index contributed by atoms with van der Waals surface area (Å²) < 4.78 is 46.0. The standard InChI is InChI=1S/C22H22F3N7O2/c23-22(24,25)11-32-20-17(8-26-32)19(31-9-16-7-15(31)10-34-16)29-18(30-20)12-1-3-13(4-2-12)27-21(33)28-14-5-6-14/h1-4,8,14-16H,5-7,9-11H2,(H2,27,28,33)/t15-,16-/m1/s1. The monoisotopic (exact) mass is 473 g/mol. The van der Waals surface area contributed by atoms with E-state index in [1.165, 1.54) is 6.20 Å². The van der Waals surface area contributed by atoms with Gasteiger partial charge in [-0.25, -0.2) is 19.4 Å². The van der Waals surface area contributed by atoms with Crippen molar-refractivity contribution in [2.75, 3.05) is 23.4 Å². The summed E-state index contributed by atoms with van der Waals surface area (Å²) >= 11 is 0. The molecule has 1 aromatic carbocycles. The molecule has 0 radical (unpaired) electrons. The van der Waals surface area contributed by atoms with Crippen LogP contribution in [0.3, 0.4) is 0 Å². The Hall–Kier alpha value is -3.41. The van der Waals surface area contributed by atoms with Gasteiger partial charge in [0.15, 0.2) is 11.5 Å². The van der Waals surface area contributed by atoms with E-state index in [0.29, 0.717) is 41.4 Å². The number of hydrogen-bond donors (Lipinski definition) is 2. The van der Waals surface area contributed by atoms with Gasteiger partial charge in [0, 0.05) is 23.8 Å². The quantitative estimate of drug-likeness (QED) is 0.590. The lowest BCUT2D eigenvalue weighted by Crippen LogP contribution is -2.37. The first-order chi connectivity index (χ1) is 16.3. The van der Waals surface area contributed by atoms with Gasteiger partial charge in [-0.05, 0) is 43.5 Å². The van der Waals surface area contributed by atoms with Gasteiger partial charge < -0.3 is 20.3 Å². The molecule has 9 nitrogen and oxygen atoms in total. The van der Waals surface area contributed by atoms with Gasteiger partial charge >= 0.3 is 12.2 Å². The third kappa shape index (κ3) is 4.13. The number of morpholine rings is 1. The highest BCUT2D eigenvalue weighted by Crippen LogP contribution is 2.36. The molecule has 6 rings (SSSR count). The molecule has 0 unspecified atom stereocenters. The molecular weight excluding hydrogens is 451 g/mol. The normalized spacial score (nSPS) is 21.9. The number of amides is 2. The Labute approximate surface area is 192 Å². The molecule has 12 heteroatoms. The second kappa shape index (κ2) is 7.83. The average molecular weight is 473 g/mol. The van der Waals surface area contributed by atoms with Crippen LogP contribution < -0.4 is 15.5 Å². The lowest BCUT2D eigenvalue weighted by Gasteiger charge is -2.28. The number of carbonyl (C=O) groups is 1. The molecule has 2 bridgehead atoms. The van der Waals surface area contributed by atoms with E-state index in [1.807, 2.05) is 0 Å². The highest BCUT2D eigenvalue weighted by atomic mass is 19.4. The maximum Gasteiger partial charge on any atom is 0.408 e. The molecule has 3 aromatic rings. The minimum atomic E-state index is -4.43. The number of fused-ring (bicyclic) bond motifs is 3. The first kappa shape index (κ1) is 21.1. The number of aromatic nitrogens is 4. The predicted molar refractivity (Wildman–Crippen MR) is 117 cm³/mol. The SMILES string of the molecule is O=C(Nc1ccc(-c2nc(N3C[C@H]4C[C@@H]3CO4)c3cnn(CC(F)(F)F)c3n2)cc1)NC1CC1. The molecule has 178 valence electrons. The van der Waals surface area contributed by atoms with Crippen molar-refractivity contribution >= 4 is 28.6 Å². The van der Waals surface area contributed by atoms with Crippen LogP contribution in [0.25, 0.3) is 22.4 Å². The van der Waals surface area contributed by atoms with Gasteiger partial charge in [-0.15, -0.1) is 0 Å². The van der Waals surface area contributed by atoms with Gasteiger partial charge in [-0.3, -0.25) is 0 Å². The number of nitrogens with zero attached hydrogens (tertiary/aromatic N) is 5. The molecular formula is C22H22F3N7O2. The van der Waals surface area contributed by atoms with E-state index in [1.54, 1.807) is 24.3 Å². The summed E-state index contributed by atoms with van der Waals surface area (Å²) in [7, 11) is 0. The minimum absolute atomic E-state index is 0.0934. The van der Waals surface area contributed by atoms with Crippen LogP contribution in [-0.4, -0.2) is 63.3 Å². The minimum Gasteiger partial charge on any atom is -0.374 e. The fraction of sp³-hybridized carbons (Fsp3) is 0.455. The Kier molecular flexibility index (Phi) is 4.87. The number of hydrogen-bond acceptors (Lipinski definition) is 6. The van der Waals surface area contributed by atoms with E-state index in [2.05, 4.69) is 25.6 Å². The maximum absolute atomic E-state index is 13.2. The van der Waals surface area contributed by atoms with Crippen molar-refractivity contribution in [3.63, 3.8) is 0 Å². The van der Waals surface area contributed by atoms with Crippen molar-refractivity contribution in [1.29, 1.82) is 0 Å². The van der Waals surface area contributed by atoms with Crippen LogP contribution in [0.2, 0.25) is 0 Å². The Balaban J connectivity index is 1.35. The number of alkyl halides is 3. The molecule has 3 fully saturated rings. The van der Waals surface area contributed by atoms with E-state index in [9.17, 15) is 18.0 Å². The number of halogens is 3. The first-order valence-electron chi connectivity index (χ1n) is 11.2. The van der Waals surface area contributed by atoms with Crippen molar-refractivity contribution < 1.29 is 22.7 Å². The number of benzene rings is 1. The zero-order valence-corrected chi connectivity index (χ0v) is 18.0. The Bertz CT molecular complexity index is 1240. The molecule has 3 aliphatic rings. The van der Waals surface area contributed by atoms with Gasteiger partial charge in [0.05, 0.1) is 30.3 Å². The molecule has 34 heavy (non-hydrogen) atoms. The zero-order valence-electron chi connectivity index (χ0n) is 18.0. The number of nitrogens with one attached hydrogen (secondary N) is 2. The molecule has 2 amide bonds. The Morgan fingerprint density at radius 3 is 2.62 bits per heavy atom. The third-order valence-corrected chi connectivity index (χ3v) is 6.29. The first-order valence-corrected chi connectivity index (χ1v) is 11.2. The number of carbonyl (C=O) groups excluding carboxylic acids is 1. The largest absolute Gasteiger partial charge is 0.408 e. The van der Waals surface area contributed by atoms with E-state index >= 15 is 0 Å². The molecule has 2 aliphatic heterocycles. The maximum atomic E-state index is 13.2. The van der Waals surface area contributed by atoms with Gasteiger partial charge in [-0.1, -0.05) is 0 Å². The molecule has 2 aromatic heterocycles. The Morgan fingerprint density at radius 1 is 1.18 bits per heavy atom. The lowest BCUT2D eigenvalue weighted by atomic mass is 10.2. The molecule has 0 spiro atoms. The fourth-order valence-electron chi connectivity index (χ4n) is 4.52. The van der Waals surface area contributed by atoms with Crippen LogP contribution in [0, 0.1) is 0 Å². The highest BCUT2D eigenvalue weighted by molar-refractivity contribution is 5.91. The second-order valence-electron chi connectivity index (χ2n) is 8.97. The summed E-state index contributed by atoms with van der Waals surface area (Å²) in [5.74, 6) is 0.860. The molecule has 2 saturated heterocycles. The van der Waals surface area contributed by atoms with Crippen LogP contribution in [-0.2, 0) is 11.3 Å². The van der Waals surface area contributed by atoms with Crippen LogP contribution in [0.4, 0.5) is 29.5 Å². The van der Waals surface area contributed by atoms with Gasteiger partial charge in [-0.2, -0.15) is 18.3 Å². The number of rotatable bonds is 5. The van der Waals surface area contributed by atoms with Gasteiger partial charge in [0.1, 0.15) is 12.4 Å². The van der Waals surface area contributed by atoms with Crippen LogP contribution in [0.15, 0.2) is 30.5 Å². The van der Waals surface area contributed by atoms with Crippen molar-refractivity contribution in [2.24, 2.45) is 0 Å². The highest BCUT2D eigenvalue weighted by Gasteiger charge is 2.41. The molecule has 2 N–H and O–H groups in total. The lowest BCUT2D eigenvalue weighted by molar-refractivity contribution is -0.141. The van der Waals surface area contributed by atoms with Crippen LogP contribution in [0.1, 0.15) is 19.3 Å². The number of anilines is 2. The average Bonchev–Trinajstić information content (AvgIpc) is 3.18. The molecule has 4 heterocycles. The summed E-state index contributed by atoms with van der Waals surface area (Å²) in [6.07, 6.45) is -0.0943. The van der Waals surface area contributed by atoms with Crippen molar-refractivity contribution in [2.45, 2.75) is 50.2 Å². The van der Waals surface area contributed by atoms with E-state index in [4.69, 9.17) is 9.72 Å². The topological polar surface area (TPSA) is 97.2 Å². The third-order valence-electron chi connectivity index (χ3n) is 6.29. The Morgan fingerprint density at radius 2 is 1.97 bits per heavy atom. The summed E-state index contributed by atoms with van der Waals surface area (Å²) in [6.45, 7) is -0.0500.